The third-order valence-electron chi connectivity index (χ3n) is 2.73. The molecule has 0 aliphatic heterocycles. The van der Waals surface area contributed by atoms with Gasteiger partial charge in [0.05, 0.1) is 0 Å². The normalized spacial score (nSPS) is 8.68. The molecule has 2 rings (SSSR count). The standard InChI is InChI=1S/C14H10Cl2O.C5H4/c1-9(17)10-2-4-11(5-3-10)13-7-6-12(15)8-14(13)16;1-3-5-4-2/h2-8H,1H3;1H,2H3. The van der Waals surface area contributed by atoms with Crippen LogP contribution in [0.25, 0.3) is 11.1 Å². The first-order chi connectivity index (χ1) is 10.5. The molecule has 3 heteroatoms. The fraction of sp³-hybridized carbons (Fsp3) is 0.105. The second kappa shape index (κ2) is 8.96. The lowest BCUT2D eigenvalue weighted by Crippen LogP contribution is -1.90. The van der Waals surface area contributed by atoms with Crippen LogP contribution < -0.4 is 0 Å². The van der Waals surface area contributed by atoms with Gasteiger partial charge in [0.15, 0.2) is 5.78 Å². The van der Waals surface area contributed by atoms with Crippen LogP contribution in [0.3, 0.4) is 0 Å². The molecule has 0 aromatic heterocycles. The summed E-state index contributed by atoms with van der Waals surface area (Å²) < 4.78 is 0. The predicted molar refractivity (Wildman–Crippen MR) is 94.2 cm³/mol. The fourth-order valence-corrected chi connectivity index (χ4v) is 2.20. The van der Waals surface area contributed by atoms with Crippen LogP contribution >= 0.6 is 23.2 Å². The topological polar surface area (TPSA) is 17.1 Å². The summed E-state index contributed by atoms with van der Waals surface area (Å²) >= 11 is 12.0. The zero-order chi connectivity index (χ0) is 16.5. The zero-order valence-electron chi connectivity index (χ0n) is 12.3. The lowest BCUT2D eigenvalue weighted by atomic mass is 10.0. The highest BCUT2D eigenvalue weighted by molar-refractivity contribution is 6.36. The first kappa shape index (κ1) is 17.9. The Hall–Kier alpha value is -2.19. The van der Waals surface area contributed by atoms with Crippen molar-refractivity contribution in [3.63, 3.8) is 0 Å². The van der Waals surface area contributed by atoms with Crippen LogP contribution in [0.4, 0.5) is 0 Å². The van der Waals surface area contributed by atoms with Crippen molar-refractivity contribution in [1.29, 1.82) is 0 Å². The van der Waals surface area contributed by atoms with Crippen molar-refractivity contribution in [1.82, 2.24) is 0 Å². The molecule has 0 saturated heterocycles. The summed E-state index contributed by atoms with van der Waals surface area (Å²) in [6, 6.07) is 12.7. The summed E-state index contributed by atoms with van der Waals surface area (Å²) in [5.41, 5.74) is 2.57. The second-order valence-electron chi connectivity index (χ2n) is 4.28. The first-order valence-electron chi connectivity index (χ1n) is 6.43. The van der Waals surface area contributed by atoms with E-state index in [1.54, 1.807) is 38.1 Å². The van der Waals surface area contributed by atoms with Gasteiger partial charge in [-0.1, -0.05) is 59.5 Å². The van der Waals surface area contributed by atoms with Gasteiger partial charge in [-0.2, -0.15) is 0 Å². The maximum atomic E-state index is 11.2. The molecule has 0 spiro atoms. The number of benzene rings is 2. The van der Waals surface area contributed by atoms with Crippen LogP contribution in [0.1, 0.15) is 24.2 Å². The van der Waals surface area contributed by atoms with E-state index < -0.39 is 0 Å². The van der Waals surface area contributed by atoms with Crippen LogP contribution in [-0.4, -0.2) is 5.78 Å². The average Bonchev–Trinajstić information content (AvgIpc) is 2.49. The summed E-state index contributed by atoms with van der Waals surface area (Å²) in [6.45, 7) is 3.25. The third kappa shape index (κ3) is 5.30. The molecule has 0 amide bonds. The number of terminal acetylenes is 1. The number of ketones is 1. The Kier molecular flexibility index (Phi) is 7.27. The van der Waals surface area contributed by atoms with Gasteiger partial charge in [-0.15, -0.1) is 6.42 Å². The van der Waals surface area contributed by atoms with Crippen LogP contribution in [0.2, 0.25) is 10.0 Å². The van der Waals surface area contributed by atoms with Crippen molar-refractivity contribution in [3.8, 4) is 35.3 Å². The van der Waals surface area contributed by atoms with E-state index in [1.807, 2.05) is 18.2 Å². The van der Waals surface area contributed by atoms with Gasteiger partial charge < -0.3 is 0 Å². The summed E-state index contributed by atoms with van der Waals surface area (Å²) in [5, 5.41) is 1.21. The molecular formula is C19H14Cl2O. The summed E-state index contributed by atoms with van der Waals surface area (Å²) in [7, 11) is 0. The number of hydrogen-bond acceptors (Lipinski definition) is 1. The van der Waals surface area contributed by atoms with Gasteiger partial charge in [0.1, 0.15) is 0 Å². The van der Waals surface area contributed by atoms with E-state index in [-0.39, 0.29) is 5.78 Å². The minimum Gasteiger partial charge on any atom is -0.295 e. The smallest absolute Gasteiger partial charge is 0.159 e. The number of carbonyl (C=O) groups is 1. The molecule has 0 saturated carbocycles. The highest BCUT2D eigenvalue weighted by atomic mass is 35.5. The van der Waals surface area contributed by atoms with Gasteiger partial charge in [0.25, 0.3) is 0 Å². The molecule has 0 radical (unpaired) electrons. The SMILES string of the molecule is C#CC#CC.CC(=O)c1ccc(-c2ccc(Cl)cc2Cl)cc1. The van der Waals surface area contributed by atoms with Crippen molar-refractivity contribution in [2.45, 2.75) is 13.8 Å². The largest absolute Gasteiger partial charge is 0.295 e. The minimum atomic E-state index is 0.0544. The van der Waals surface area contributed by atoms with Crippen molar-refractivity contribution < 1.29 is 4.79 Å². The van der Waals surface area contributed by atoms with Crippen LogP contribution in [0, 0.1) is 24.2 Å². The van der Waals surface area contributed by atoms with E-state index >= 15 is 0 Å². The van der Waals surface area contributed by atoms with Crippen LogP contribution in [0.15, 0.2) is 42.5 Å². The molecule has 0 N–H and O–H groups in total. The van der Waals surface area contributed by atoms with Crippen molar-refractivity contribution in [3.05, 3.63) is 58.1 Å². The van der Waals surface area contributed by atoms with E-state index in [0.29, 0.717) is 15.6 Å². The maximum absolute atomic E-state index is 11.2. The minimum absolute atomic E-state index is 0.0544. The Morgan fingerprint density at radius 3 is 2.14 bits per heavy atom. The zero-order valence-corrected chi connectivity index (χ0v) is 13.8. The summed E-state index contributed by atoms with van der Waals surface area (Å²) in [5.74, 6) is 7.13. The number of Topliss-reactive ketones (excluding diaryl/α,β-unsaturated/α-hetero) is 1. The van der Waals surface area contributed by atoms with Gasteiger partial charge in [0.2, 0.25) is 0 Å². The lowest BCUT2D eigenvalue weighted by molar-refractivity contribution is 0.101. The molecule has 0 aliphatic carbocycles. The van der Waals surface area contributed by atoms with Gasteiger partial charge >= 0.3 is 0 Å². The van der Waals surface area contributed by atoms with E-state index in [2.05, 4.69) is 17.8 Å². The molecule has 2 aromatic carbocycles. The Labute approximate surface area is 141 Å². The maximum Gasteiger partial charge on any atom is 0.159 e. The predicted octanol–water partition coefficient (Wildman–Crippen LogP) is 5.51. The van der Waals surface area contributed by atoms with Gasteiger partial charge in [-0.25, -0.2) is 0 Å². The van der Waals surface area contributed by atoms with E-state index in [1.165, 1.54) is 0 Å². The molecule has 0 unspecified atom stereocenters. The fourth-order valence-electron chi connectivity index (χ4n) is 1.68. The number of rotatable bonds is 2. The molecule has 22 heavy (non-hydrogen) atoms. The first-order valence-corrected chi connectivity index (χ1v) is 7.19. The van der Waals surface area contributed by atoms with Crippen LogP contribution in [-0.2, 0) is 0 Å². The Morgan fingerprint density at radius 2 is 1.73 bits per heavy atom. The van der Waals surface area contributed by atoms with Gasteiger partial charge in [-0.05, 0) is 43.4 Å². The molecule has 0 fully saturated rings. The monoisotopic (exact) mass is 328 g/mol. The highest BCUT2D eigenvalue weighted by Gasteiger charge is 2.05. The molecule has 0 bridgehead atoms. The van der Waals surface area contributed by atoms with Crippen molar-refractivity contribution >= 4 is 29.0 Å². The van der Waals surface area contributed by atoms with Gasteiger partial charge in [0, 0.05) is 21.2 Å². The molecule has 0 aliphatic rings. The number of halogens is 2. The van der Waals surface area contributed by atoms with E-state index in [9.17, 15) is 4.79 Å². The van der Waals surface area contributed by atoms with Crippen LogP contribution in [0.5, 0.6) is 0 Å². The third-order valence-corrected chi connectivity index (χ3v) is 3.28. The van der Waals surface area contributed by atoms with Crippen molar-refractivity contribution in [2.24, 2.45) is 0 Å². The number of hydrogen-bond donors (Lipinski definition) is 0. The molecule has 0 atom stereocenters. The molecule has 2 aromatic rings. The molecular weight excluding hydrogens is 315 g/mol. The second-order valence-corrected chi connectivity index (χ2v) is 5.12. The van der Waals surface area contributed by atoms with Crippen molar-refractivity contribution in [2.75, 3.05) is 0 Å². The van der Waals surface area contributed by atoms with E-state index in [4.69, 9.17) is 29.6 Å². The van der Waals surface area contributed by atoms with E-state index in [0.717, 1.165) is 11.1 Å². The Balaban J connectivity index is 0.000000422. The summed E-state index contributed by atoms with van der Waals surface area (Å²) in [4.78, 5) is 11.2. The quantitative estimate of drug-likeness (QED) is 0.525. The Bertz CT molecular complexity index is 757. The molecule has 1 nitrogen and oxygen atoms in total. The summed E-state index contributed by atoms with van der Waals surface area (Å²) in [6.07, 6.45) is 4.72. The molecule has 110 valence electrons. The van der Waals surface area contributed by atoms with Gasteiger partial charge in [-0.3, -0.25) is 4.79 Å². The lowest BCUT2D eigenvalue weighted by Gasteiger charge is -2.05. The number of carbonyl (C=O) groups excluding carboxylic acids is 1. The average molecular weight is 329 g/mol. The Morgan fingerprint density at radius 1 is 1.09 bits per heavy atom. The highest BCUT2D eigenvalue weighted by Crippen LogP contribution is 2.30. The molecule has 0 heterocycles.